The Morgan fingerprint density at radius 2 is 1.55 bits per heavy atom. The Morgan fingerprint density at radius 1 is 1.00 bits per heavy atom. The summed E-state index contributed by atoms with van der Waals surface area (Å²) >= 11 is 0. The molecule has 0 spiro atoms. The summed E-state index contributed by atoms with van der Waals surface area (Å²) in [5, 5.41) is 9.87. The maximum Gasteiger partial charge on any atom is 0.225 e. The van der Waals surface area contributed by atoms with Crippen molar-refractivity contribution in [3.8, 4) is 0 Å². The predicted octanol–water partition coefficient (Wildman–Crippen LogP) is 4.54. The molecule has 0 aliphatic heterocycles. The minimum Gasteiger partial charge on any atom is -0.296 e. The third kappa shape index (κ3) is 4.07. The number of Topliss-reactive ketones (excluding diaryl/α,β-unsaturated/α-hetero) is 3. The van der Waals surface area contributed by atoms with E-state index in [1.807, 2.05) is 39.0 Å². The fraction of sp³-hybridized carbons (Fsp3) is 0.375. The molecule has 5 heteroatoms. The van der Waals surface area contributed by atoms with Crippen molar-refractivity contribution < 1.29 is 24.5 Å². The first kappa shape index (κ1) is 21.1. The topological polar surface area (TPSA) is 80.7 Å². The van der Waals surface area contributed by atoms with E-state index in [1.54, 1.807) is 36.4 Å². The molecular formula is C24H26O5. The Hall–Kier alpha value is -2.63. The van der Waals surface area contributed by atoms with Crippen molar-refractivity contribution in [2.45, 2.75) is 51.6 Å². The van der Waals surface area contributed by atoms with E-state index in [2.05, 4.69) is 0 Å². The minimum absolute atomic E-state index is 0.0845. The molecule has 2 aromatic rings. The van der Waals surface area contributed by atoms with Crippen molar-refractivity contribution in [2.24, 2.45) is 5.41 Å². The van der Waals surface area contributed by atoms with Crippen LogP contribution in [0.3, 0.4) is 0 Å². The van der Waals surface area contributed by atoms with Crippen LogP contribution in [-0.2, 0) is 14.5 Å². The lowest BCUT2D eigenvalue weighted by Crippen LogP contribution is -2.58. The second kappa shape index (κ2) is 8.01. The molecular weight excluding hydrogens is 368 g/mol. The zero-order valence-corrected chi connectivity index (χ0v) is 17.0. The molecule has 0 aromatic heterocycles. The summed E-state index contributed by atoms with van der Waals surface area (Å²) in [6.07, 6.45) is 0.0356. The molecule has 0 bridgehead atoms. The monoisotopic (exact) mass is 394 g/mol. The molecule has 0 saturated heterocycles. The van der Waals surface area contributed by atoms with Crippen LogP contribution in [0.15, 0.2) is 54.6 Å². The highest BCUT2D eigenvalue weighted by Crippen LogP contribution is 2.45. The van der Waals surface area contributed by atoms with Crippen molar-refractivity contribution >= 4 is 17.3 Å². The van der Waals surface area contributed by atoms with Crippen LogP contribution in [0.4, 0.5) is 0 Å². The van der Waals surface area contributed by atoms with E-state index in [9.17, 15) is 19.6 Å². The standard InChI is InChI=1S/C24H26O5/c1-16-9-11-17(12-10-16)19(13-20(25)18-7-5-4-6-8-18)24(29-28)21(26)14-23(2,3)15-22(24)27/h4-12,19,28H,13-15H2,1-3H3. The number of hydrogen-bond donors (Lipinski definition) is 1. The van der Waals surface area contributed by atoms with Crippen LogP contribution in [-0.4, -0.2) is 28.2 Å². The van der Waals surface area contributed by atoms with Crippen LogP contribution in [0.1, 0.15) is 60.5 Å². The lowest BCUT2D eigenvalue weighted by Gasteiger charge is -2.42. The van der Waals surface area contributed by atoms with E-state index in [1.165, 1.54) is 0 Å². The molecule has 1 N–H and O–H groups in total. The average Bonchev–Trinajstić information content (AvgIpc) is 2.67. The van der Waals surface area contributed by atoms with Crippen LogP contribution in [0.5, 0.6) is 0 Å². The molecule has 1 fully saturated rings. The van der Waals surface area contributed by atoms with Gasteiger partial charge in [-0.2, -0.15) is 0 Å². The zero-order valence-electron chi connectivity index (χ0n) is 17.0. The molecule has 152 valence electrons. The summed E-state index contributed by atoms with van der Waals surface area (Å²) in [5.74, 6) is -2.13. The SMILES string of the molecule is Cc1ccc(C(CC(=O)c2ccccc2)C2(OO)C(=O)CC(C)(C)CC2=O)cc1. The van der Waals surface area contributed by atoms with E-state index in [0.29, 0.717) is 11.1 Å². The second-order valence-corrected chi connectivity index (χ2v) is 8.65. The number of benzene rings is 2. The number of rotatable bonds is 6. The van der Waals surface area contributed by atoms with Crippen LogP contribution in [0.25, 0.3) is 0 Å². The largest absolute Gasteiger partial charge is 0.296 e. The number of ketones is 3. The number of aryl methyl sites for hydroxylation is 1. The number of hydrogen-bond acceptors (Lipinski definition) is 5. The molecule has 5 nitrogen and oxygen atoms in total. The first-order valence-corrected chi connectivity index (χ1v) is 9.73. The lowest BCUT2D eigenvalue weighted by atomic mass is 9.62. The van der Waals surface area contributed by atoms with Crippen molar-refractivity contribution in [3.05, 3.63) is 71.3 Å². The Morgan fingerprint density at radius 3 is 2.07 bits per heavy atom. The summed E-state index contributed by atoms with van der Waals surface area (Å²) in [5.41, 5.74) is -0.500. The minimum atomic E-state index is -2.07. The van der Waals surface area contributed by atoms with Gasteiger partial charge in [-0.15, -0.1) is 0 Å². The second-order valence-electron chi connectivity index (χ2n) is 8.65. The van der Waals surface area contributed by atoms with Gasteiger partial charge in [-0.1, -0.05) is 74.0 Å². The molecule has 1 aliphatic rings. The molecule has 1 unspecified atom stereocenters. The molecule has 0 heterocycles. The number of carbonyl (C=O) groups excluding carboxylic acids is 3. The Kier molecular flexibility index (Phi) is 5.82. The van der Waals surface area contributed by atoms with Gasteiger partial charge in [-0.25, -0.2) is 4.89 Å². The molecule has 1 saturated carbocycles. The van der Waals surface area contributed by atoms with Crippen molar-refractivity contribution in [3.63, 3.8) is 0 Å². The summed E-state index contributed by atoms with van der Waals surface area (Å²) in [6.45, 7) is 5.59. The molecule has 1 atom stereocenters. The van der Waals surface area contributed by atoms with Gasteiger partial charge in [-0.05, 0) is 17.9 Å². The van der Waals surface area contributed by atoms with Crippen LogP contribution < -0.4 is 0 Å². The van der Waals surface area contributed by atoms with Gasteiger partial charge < -0.3 is 0 Å². The average molecular weight is 394 g/mol. The highest BCUT2D eigenvalue weighted by atomic mass is 17.1. The van der Waals surface area contributed by atoms with Gasteiger partial charge in [0.05, 0.1) is 0 Å². The lowest BCUT2D eigenvalue weighted by molar-refractivity contribution is -0.309. The Balaban J connectivity index is 2.08. The van der Waals surface area contributed by atoms with E-state index >= 15 is 0 Å². The van der Waals surface area contributed by atoms with E-state index in [-0.39, 0.29) is 25.0 Å². The third-order valence-electron chi connectivity index (χ3n) is 5.71. The van der Waals surface area contributed by atoms with E-state index in [0.717, 1.165) is 5.56 Å². The molecule has 0 amide bonds. The highest BCUT2D eigenvalue weighted by Gasteiger charge is 2.59. The maximum absolute atomic E-state index is 13.2. The molecule has 1 aliphatic carbocycles. The molecule has 0 radical (unpaired) electrons. The highest BCUT2D eigenvalue weighted by molar-refractivity contribution is 6.14. The summed E-state index contributed by atoms with van der Waals surface area (Å²) in [6, 6.07) is 16.0. The predicted molar refractivity (Wildman–Crippen MR) is 109 cm³/mol. The fourth-order valence-electron chi connectivity index (χ4n) is 4.13. The first-order valence-electron chi connectivity index (χ1n) is 9.73. The smallest absolute Gasteiger partial charge is 0.225 e. The van der Waals surface area contributed by atoms with Gasteiger partial charge in [0.2, 0.25) is 5.60 Å². The van der Waals surface area contributed by atoms with Crippen molar-refractivity contribution in [1.82, 2.24) is 0 Å². The van der Waals surface area contributed by atoms with Gasteiger partial charge in [0.25, 0.3) is 0 Å². The molecule has 29 heavy (non-hydrogen) atoms. The third-order valence-corrected chi connectivity index (χ3v) is 5.71. The zero-order chi connectivity index (χ0) is 21.2. The first-order chi connectivity index (χ1) is 13.7. The summed E-state index contributed by atoms with van der Waals surface area (Å²) in [7, 11) is 0. The van der Waals surface area contributed by atoms with Gasteiger partial charge in [-0.3, -0.25) is 19.6 Å². The van der Waals surface area contributed by atoms with E-state index in [4.69, 9.17) is 4.89 Å². The van der Waals surface area contributed by atoms with Gasteiger partial charge in [0, 0.05) is 30.7 Å². The molecule has 2 aromatic carbocycles. The quantitative estimate of drug-likeness (QED) is 0.337. The van der Waals surface area contributed by atoms with E-state index < -0.39 is 28.5 Å². The molecule has 3 rings (SSSR count). The van der Waals surface area contributed by atoms with Crippen molar-refractivity contribution in [1.29, 1.82) is 0 Å². The van der Waals surface area contributed by atoms with Crippen LogP contribution in [0, 0.1) is 12.3 Å². The van der Waals surface area contributed by atoms with Gasteiger partial charge in [0.15, 0.2) is 17.3 Å². The van der Waals surface area contributed by atoms with Crippen LogP contribution in [0.2, 0.25) is 0 Å². The maximum atomic E-state index is 13.2. The normalized spacial score (nSPS) is 19.0. The van der Waals surface area contributed by atoms with Crippen molar-refractivity contribution in [2.75, 3.05) is 0 Å². The Labute approximate surface area is 170 Å². The summed E-state index contributed by atoms with van der Waals surface area (Å²) in [4.78, 5) is 44.0. The number of carbonyl (C=O) groups is 3. The van der Waals surface area contributed by atoms with Crippen LogP contribution >= 0.6 is 0 Å². The van der Waals surface area contributed by atoms with Gasteiger partial charge >= 0.3 is 0 Å². The summed E-state index contributed by atoms with van der Waals surface area (Å²) < 4.78 is 0. The fourth-order valence-corrected chi connectivity index (χ4v) is 4.13. The van der Waals surface area contributed by atoms with Gasteiger partial charge in [0.1, 0.15) is 0 Å². The Bertz CT molecular complexity index is 892.